The van der Waals surface area contributed by atoms with Crippen molar-refractivity contribution in [1.82, 2.24) is 9.47 Å². The van der Waals surface area contributed by atoms with Crippen LogP contribution >= 0.6 is 27.3 Å². The van der Waals surface area contributed by atoms with Gasteiger partial charge in [-0.3, -0.25) is 9.69 Å². The van der Waals surface area contributed by atoms with E-state index in [-0.39, 0.29) is 5.78 Å². The summed E-state index contributed by atoms with van der Waals surface area (Å²) in [5.41, 5.74) is 2.01. The molecule has 96 valence electrons. The zero-order valence-corrected chi connectivity index (χ0v) is 12.8. The molecule has 3 nitrogen and oxygen atoms in total. The number of rotatable bonds is 5. The standard InChI is InChI=1S/C13H15BrN2OS/c1-15-4-3-11(7-15)12(17)8-16(2)6-10-5-13(14)18-9-10/h3-5,7,9H,6,8H2,1-2H3. The van der Waals surface area contributed by atoms with Crippen LogP contribution in [0.5, 0.6) is 0 Å². The van der Waals surface area contributed by atoms with Crippen LogP contribution in [0, 0.1) is 0 Å². The molecule has 2 aromatic rings. The summed E-state index contributed by atoms with van der Waals surface area (Å²) in [6, 6.07) is 3.95. The van der Waals surface area contributed by atoms with E-state index in [1.54, 1.807) is 11.3 Å². The van der Waals surface area contributed by atoms with Crippen molar-refractivity contribution in [3.63, 3.8) is 0 Å². The van der Waals surface area contributed by atoms with E-state index in [9.17, 15) is 4.79 Å². The Morgan fingerprint density at radius 1 is 1.56 bits per heavy atom. The van der Waals surface area contributed by atoms with Crippen molar-refractivity contribution in [1.29, 1.82) is 0 Å². The first-order chi connectivity index (χ1) is 8.54. The number of aryl methyl sites for hydroxylation is 1. The molecule has 0 radical (unpaired) electrons. The van der Waals surface area contributed by atoms with Crippen molar-refractivity contribution < 1.29 is 4.79 Å². The average molecular weight is 327 g/mol. The highest BCUT2D eigenvalue weighted by Gasteiger charge is 2.11. The van der Waals surface area contributed by atoms with Crippen LogP contribution in [-0.4, -0.2) is 28.8 Å². The topological polar surface area (TPSA) is 25.2 Å². The van der Waals surface area contributed by atoms with Gasteiger partial charge in [0, 0.05) is 31.5 Å². The van der Waals surface area contributed by atoms with Crippen molar-refractivity contribution in [2.24, 2.45) is 7.05 Å². The van der Waals surface area contributed by atoms with Crippen molar-refractivity contribution in [2.45, 2.75) is 6.54 Å². The summed E-state index contributed by atoms with van der Waals surface area (Å²) in [7, 11) is 3.88. The molecule has 2 heterocycles. The van der Waals surface area contributed by atoms with Crippen LogP contribution in [-0.2, 0) is 13.6 Å². The van der Waals surface area contributed by atoms with Gasteiger partial charge in [-0.1, -0.05) is 0 Å². The zero-order valence-electron chi connectivity index (χ0n) is 10.4. The summed E-state index contributed by atoms with van der Waals surface area (Å²) in [6.07, 6.45) is 3.75. The molecule has 0 saturated carbocycles. The third kappa shape index (κ3) is 3.54. The lowest BCUT2D eigenvalue weighted by atomic mass is 10.2. The molecule has 18 heavy (non-hydrogen) atoms. The average Bonchev–Trinajstić information content (AvgIpc) is 2.87. The lowest BCUT2D eigenvalue weighted by molar-refractivity contribution is 0.0943. The molecule has 0 atom stereocenters. The van der Waals surface area contributed by atoms with Crippen molar-refractivity contribution >= 4 is 33.0 Å². The SMILES string of the molecule is CN(CC(=O)c1ccn(C)c1)Cc1csc(Br)c1. The molecule has 2 aromatic heterocycles. The van der Waals surface area contributed by atoms with E-state index in [0.29, 0.717) is 6.54 Å². The Morgan fingerprint density at radius 3 is 2.89 bits per heavy atom. The van der Waals surface area contributed by atoms with E-state index < -0.39 is 0 Å². The molecule has 2 rings (SSSR count). The Hall–Kier alpha value is -0.910. The fraction of sp³-hybridized carbons (Fsp3) is 0.308. The second kappa shape index (κ2) is 5.82. The largest absolute Gasteiger partial charge is 0.357 e. The van der Waals surface area contributed by atoms with E-state index >= 15 is 0 Å². The molecule has 0 aliphatic rings. The number of carbonyl (C=O) groups is 1. The predicted molar refractivity (Wildman–Crippen MR) is 78.1 cm³/mol. The smallest absolute Gasteiger partial charge is 0.178 e. The molecular weight excluding hydrogens is 312 g/mol. The van der Waals surface area contributed by atoms with Gasteiger partial charge in [-0.25, -0.2) is 0 Å². The quantitative estimate of drug-likeness (QED) is 0.788. The van der Waals surface area contributed by atoms with Gasteiger partial charge < -0.3 is 4.57 Å². The summed E-state index contributed by atoms with van der Waals surface area (Å²) < 4.78 is 3.02. The number of halogens is 1. The van der Waals surface area contributed by atoms with Gasteiger partial charge >= 0.3 is 0 Å². The predicted octanol–water partition coefficient (Wildman–Crippen LogP) is 3.16. The molecule has 0 spiro atoms. The minimum absolute atomic E-state index is 0.160. The number of hydrogen-bond acceptors (Lipinski definition) is 3. The minimum atomic E-state index is 0.160. The van der Waals surface area contributed by atoms with Gasteiger partial charge in [-0.2, -0.15) is 0 Å². The van der Waals surface area contributed by atoms with Gasteiger partial charge in [0.1, 0.15) is 0 Å². The second-order valence-corrected chi connectivity index (χ2v) is 6.71. The number of nitrogens with zero attached hydrogens (tertiary/aromatic N) is 2. The van der Waals surface area contributed by atoms with Gasteiger partial charge in [0.25, 0.3) is 0 Å². The maximum absolute atomic E-state index is 12.0. The Kier molecular flexibility index (Phi) is 4.37. The first-order valence-corrected chi connectivity index (χ1v) is 7.28. The van der Waals surface area contributed by atoms with E-state index in [2.05, 4.69) is 27.4 Å². The third-order valence-corrected chi connectivity index (χ3v) is 4.19. The summed E-state index contributed by atoms with van der Waals surface area (Å²) in [5.74, 6) is 0.160. The lowest BCUT2D eigenvalue weighted by Crippen LogP contribution is -2.25. The molecule has 0 aliphatic heterocycles. The first kappa shape index (κ1) is 13.5. The number of hydrogen-bond donors (Lipinski definition) is 0. The van der Waals surface area contributed by atoms with Crippen molar-refractivity contribution in [2.75, 3.05) is 13.6 Å². The molecule has 0 aromatic carbocycles. The molecule has 0 bridgehead atoms. The molecule has 0 unspecified atom stereocenters. The molecule has 0 N–H and O–H groups in total. The van der Waals surface area contributed by atoms with Crippen LogP contribution < -0.4 is 0 Å². The van der Waals surface area contributed by atoms with E-state index in [0.717, 1.165) is 15.9 Å². The number of thiophene rings is 1. The number of Topliss-reactive ketones (excluding diaryl/α,β-unsaturated/α-hetero) is 1. The molecule has 5 heteroatoms. The van der Waals surface area contributed by atoms with E-state index in [1.165, 1.54) is 5.56 Å². The van der Waals surface area contributed by atoms with Crippen LogP contribution in [0.4, 0.5) is 0 Å². The van der Waals surface area contributed by atoms with Gasteiger partial charge in [0.15, 0.2) is 5.78 Å². The molecule has 0 saturated heterocycles. The van der Waals surface area contributed by atoms with Gasteiger partial charge in [-0.05, 0) is 46.1 Å². The van der Waals surface area contributed by atoms with Crippen LogP contribution in [0.25, 0.3) is 0 Å². The maximum atomic E-state index is 12.0. The zero-order chi connectivity index (χ0) is 13.1. The van der Waals surface area contributed by atoms with E-state index in [1.807, 2.05) is 42.0 Å². The Morgan fingerprint density at radius 2 is 2.33 bits per heavy atom. The van der Waals surface area contributed by atoms with Crippen molar-refractivity contribution in [3.05, 3.63) is 44.8 Å². The summed E-state index contributed by atoms with van der Waals surface area (Å²) in [5, 5.41) is 2.10. The molecular formula is C13H15BrN2OS. The second-order valence-electron chi connectivity index (χ2n) is 4.42. The van der Waals surface area contributed by atoms with Crippen LogP contribution in [0.3, 0.4) is 0 Å². The maximum Gasteiger partial charge on any atom is 0.178 e. The number of carbonyl (C=O) groups excluding carboxylic acids is 1. The van der Waals surface area contributed by atoms with E-state index in [4.69, 9.17) is 0 Å². The molecule has 0 aliphatic carbocycles. The molecule has 0 amide bonds. The summed E-state index contributed by atoms with van der Waals surface area (Å²) in [6.45, 7) is 1.23. The highest BCUT2D eigenvalue weighted by molar-refractivity contribution is 9.11. The monoisotopic (exact) mass is 326 g/mol. The summed E-state index contributed by atoms with van der Waals surface area (Å²) >= 11 is 5.11. The van der Waals surface area contributed by atoms with Gasteiger partial charge in [0.2, 0.25) is 0 Å². The number of aromatic nitrogens is 1. The fourth-order valence-electron chi connectivity index (χ4n) is 1.80. The van der Waals surface area contributed by atoms with Crippen LogP contribution in [0.15, 0.2) is 33.7 Å². The van der Waals surface area contributed by atoms with Gasteiger partial charge in [0.05, 0.1) is 10.3 Å². The number of likely N-dealkylation sites (N-methyl/N-ethyl adjacent to an activating group) is 1. The first-order valence-electron chi connectivity index (χ1n) is 5.61. The number of ketones is 1. The highest BCUT2D eigenvalue weighted by Crippen LogP contribution is 2.21. The normalized spacial score (nSPS) is 11.1. The fourth-order valence-corrected chi connectivity index (χ4v) is 3.00. The lowest BCUT2D eigenvalue weighted by Gasteiger charge is -2.14. The summed E-state index contributed by atoms with van der Waals surface area (Å²) in [4.78, 5) is 14.0. The van der Waals surface area contributed by atoms with Crippen LogP contribution in [0.2, 0.25) is 0 Å². The van der Waals surface area contributed by atoms with Crippen molar-refractivity contribution in [3.8, 4) is 0 Å². The molecule has 0 fully saturated rings. The third-order valence-electron chi connectivity index (χ3n) is 2.64. The Bertz CT molecular complexity index is 547. The minimum Gasteiger partial charge on any atom is -0.357 e. The van der Waals surface area contributed by atoms with Crippen LogP contribution in [0.1, 0.15) is 15.9 Å². The Labute approximate surface area is 119 Å². The highest BCUT2D eigenvalue weighted by atomic mass is 79.9. The van der Waals surface area contributed by atoms with Gasteiger partial charge in [-0.15, -0.1) is 11.3 Å². The Balaban J connectivity index is 1.91.